The summed E-state index contributed by atoms with van der Waals surface area (Å²) < 4.78 is 18.0. The molecule has 1 rings (SSSR count). The topological polar surface area (TPSA) is 37.7 Å². The van der Waals surface area contributed by atoms with Crippen LogP contribution in [0.3, 0.4) is 0 Å². The standard InChI is InChI=1S/C11H16FN3O/c1-5-15(3)7-13-9-6-10(16-4)11(12)14-8(9)2/h6-7H,5H2,1-4H3/b13-7+. The molecule has 0 aliphatic rings. The molecular weight excluding hydrogens is 209 g/mol. The Morgan fingerprint density at radius 3 is 2.88 bits per heavy atom. The van der Waals surface area contributed by atoms with Crippen LogP contribution in [0, 0.1) is 12.9 Å². The van der Waals surface area contributed by atoms with Crippen LogP contribution >= 0.6 is 0 Å². The Balaban J connectivity index is 3.00. The zero-order chi connectivity index (χ0) is 12.1. The summed E-state index contributed by atoms with van der Waals surface area (Å²) in [5.74, 6) is -0.500. The van der Waals surface area contributed by atoms with Gasteiger partial charge in [0, 0.05) is 19.7 Å². The normalized spacial score (nSPS) is 10.8. The number of hydrogen-bond donors (Lipinski definition) is 0. The summed E-state index contributed by atoms with van der Waals surface area (Å²) in [5.41, 5.74) is 1.15. The van der Waals surface area contributed by atoms with Crippen LogP contribution in [0.15, 0.2) is 11.1 Å². The summed E-state index contributed by atoms with van der Waals surface area (Å²) in [7, 11) is 3.31. The van der Waals surface area contributed by atoms with Gasteiger partial charge in [0.05, 0.1) is 24.8 Å². The highest BCUT2D eigenvalue weighted by Crippen LogP contribution is 2.24. The van der Waals surface area contributed by atoms with Crippen LogP contribution in [-0.2, 0) is 0 Å². The largest absolute Gasteiger partial charge is 0.492 e. The molecule has 1 aromatic rings. The van der Waals surface area contributed by atoms with Gasteiger partial charge in [-0.2, -0.15) is 4.39 Å². The number of nitrogens with zero attached hydrogens (tertiary/aromatic N) is 3. The van der Waals surface area contributed by atoms with E-state index in [0.717, 1.165) is 6.54 Å². The number of pyridine rings is 1. The van der Waals surface area contributed by atoms with Gasteiger partial charge in [-0.15, -0.1) is 0 Å². The SMILES string of the molecule is CCN(C)/C=N/c1cc(OC)c(F)nc1C. The lowest BCUT2D eigenvalue weighted by molar-refractivity contribution is 0.377. The van der Waals surface area contributed by atoms with Gasteiger partial charge in [0.1, 0.15) is 0 Å². The molecule has 0 aromatic carbocycles. The highest BCUT2D eigenvalue weighted by atomic mass is 19.1. The van der Waals surface area contributed by atoms with Gasteiger partial charge in [0.25, 0.3) is 5.95 Å². The second-order valence-corrected chi connectivity index (χ2v) is 3.40. The van der Waals surface area contributed by atoms with Crippen molar-refractivity contribution in [3.05, 3.63) is 17.7 Å². The Morgan fingerprint density at radius 1 is 1.62 bits per heavy atom. The van der Waals surface area contributed by atoms with Gasteiger partial charge in [-0.05, 0) is 13.8 Å². The molecule has 0 aliphatic heterocycles. The summed E-state index contributed by atoms with van der Waals surface area (Å²) in [5, 5.41) is 0. The summed E-state index contributed by atoms with van der Waals surface area (Å²) >= 11 is 0. The van der Waals surface area contributed by atoms with E-state index in [-0.39, 0.29) is 5.75 Å². The molecule has 0 aliphatic carbocycles. The molecule has 0 atom stereocenters. The summed E-state index contributed by atoms with van der Waals surface area (Å²) in [6.07, 6.45) is 1.68. The van der Waals surface area contributed by atoms with E-state index in [4.69, 9.17) is 4.74 Å². The first-order valence-electron chi connectivity index (χ1n) is 5.04. The van der Waals surface area contributed by atoms with Gasteiger partial charge >= 0.3 is 0 Å². The predicted octanol–water partition coefficient (Wildman–Crippen LogP) is 2.15. The minimum Gasteiger partial charge on any atom is -0.492 e. The fourth-order valence-electron chi connectivity index (χ4n) is 1.06. The molecule has 0 unspecified atom stereocenters. The van der Waals surface area contributed by atoms with Crippen LogP contribution < -0.4 is 4.74 Å². The van der Waals surface area contributed by atoms with E-state index in [2.05, 4.69) is 9.98 Å². The molecule has 0 bridgehead atoms. The maximum Gasteiger partial charge on any atom is 0.255 e. The first kappa shape index (κ1) is 12.4. The lowest BCUT2D eigenvalue weighted by Gasteiger charge is -2.09. The monoisotopic (exact) mass is 225 g/mol. The Kier molecular flexibility index (Phi) is 4.22. The number of aromatic nitrogens is 1. The van der Waals surface area contributed by atoms with Crippen LogP contribution in [0.4, 0.5) is 10.1 Å². The lowest BCUT2D eigenvalue weighted by Crippen LogP contribution is -2.14. The fourth-order valence-corrected chi connectivity index (χ4v) is 1.06. The molecule has 88 valence electrons. The second-order valence-electron chi connectivity index (χ2n) is 3.40. The van der Waals surface area contributed by atoms with E-state index in [1.165, 1.54) is 13.2 Å². The van der Waals surface area contributed by atoms with Crippen molar-refractivity contribution in [3.63, 3.8) is 0 Å². The van der Waals surface area contributed by atoms with Crippen molar-refractivity contribution in [2.45, 2.75) is 13.8 Å². The number of ether oxygens (including phenoxy) is 1. The van der Waals surface area contributed by atoms with Gasteiger partial charge < -0.3 is 9.64 Å². The molecule has 0 fully saturated rings. The van der Waals surface area contributed by atoms with Crippen molar-refractivity contribution in [2.75, 3.05) is 20.7 Å². The Labute approximate surface area is 94.8 Å². The predicted molar refractivity (Wildman–Crippen MR) is 61.9 cm³/mol. The van der Waals surface area contributed by atoms with Crippen molar-refractivity contribution in [2.24, 2.45) is 4.99 Å². The molecule has 0 radical (unpaired) electrons. The van der Waals surface area contributed by atoms with Gasteiger partial charge in [0.15, 0.2) is 5.75 Å². The van der Waals surface area contributed by atoms with Gasteiger partial charge in [0.2, 0.25) is 0 Å². The van der Waals surface area contributed by atoms with Crippen molar-refractivity contribution in [1.29, 1.82) is 0 Å². The Morgan fingerprint density at radius 2 is 2.31 bits per heavy atom. The molecule has 0 spiro atoms. The molecule has 4 nitrogen and oxygen atoms in total. The second kappa shape index (κ2) is 5.44. The zero-order valence-electron chi connectivity index (χ0n) is 9.99. The summed E-state index contributed by atoms with van der Waals surface area (Å²) in [4.78, 5) is 9.85. The van der Waals surface area contributed by atoms with Gasteiger partial charge in [-0.1, -0.05) is 0 Å². The van der Waals surface area contributed by atoms with Crippen LogP contribution in [0.2, 0.25) is 0 Å². The average Bonchev–Trinajstić information content (AvgIpc) is 2.27. The quantitative estimate of drug-likeness (QED) is 0.447. The molecule has 0 amide bonds. The smallest absolute Gasteiger partial charge is 0.255 e. The third-order valence-electron chi connectivity index (χ3n) is 2.22. The molecule has 5 heteroatoms. The Bertz CT molecular complexity index is 393. The third kappa shape index (κ3) is 2.92. The minimum absolute atomic E-state index is 0.108. The number of methoxy groups -OCH3 is 1. The van der Waals surface area contributed by atoms with Crippen molar-refractivity contribution in [1.82, 2.24) is 9.88 Å². The van der Waals surface area contributed by atoms with Crippen LogP contribution in [0.1, 0.15) is 12.6 Å². The number of rotatable bonds is 4. The molecule has 16 heavy (non-hydrogen) atoms. The maximum atomic E-state index is 13.2. The highest BCUT2D eigenvalue weighted by Gasteiger charge is 2.08. The number of aliphatic imine (C=N–C) groups is 1. The van der Waals surface area contributed by atoms with Crippen LogP contribution in [0.25, 0.3) is 0 Å². The number of hydrogen-bond acceptors (Lipinski definition) is 3. The molecular formula is C11H16FN3O. The number of halogens is 1. The van der Waals surface area contributed by atoms with E-state index in [9.17, 15) is 4.39 Å². The molecule has 0 N–H and O–H groups in total. The minimum atomic E-state index is -0.609. The van der Waals surface area contributed by atoms with Crippen LogP contribution in [0.5, 0.6) is 5.75 Å². The summed E-state index contributed by atoms with van der Waals surface area (Å²) in [6.45, 7) is 4.58. The van der Waals surface area contributed by atoms with Gasteiger partial charge in [-0.25, -0.2) is 9.98 Å². The molecule has 1 heterocycles. The molecule has 1 aromatic heterocycles. The fraction of sp³-hybridized carbons (Fsp3) is 0.455. The van der Waals surface area contributed by atoms with Crippen LogP contribution in [-0.4, -0.2) is 36.9 Å². The molecule has 0 saturated heterocycles. The lowest BCUT2D eigenvalue weighted by atomic mass is 10.3. The maximum absolute atomic E-state index is 13.2. The van der Waals surface area contributed by atoms with Crippen molar-refractivity contribution >= 4 is 12.0 Å². The van der Waals surface area contributed by atoms with Gasteiger partial charge in [-0.3, -0.25) is 0 Å². The van der Waals surface area contributed by atoms with E-state index in [0.29, 0.717) is 11.4 Å². The summed E-state index contributed by atoms with van der Waals surface area (Å²) in [6, 6.07) is 1.54. The van der Waals surface area contributed by atoms with E-state index < -0.39 is 5.95 Å². The zero-order valence-corrected chi connectivity index (χ0v) is 9.99. The van der Waals surface area contributed by atoms with Crippen molar-refractivity contribution < 1.29 is 9.13 Å². The van der Waals surface area contributed by atoms with E-state index in [1.807, 2.05) is 18.9 Å². The Hall–Kier alpha value is -1.65. The van der Waals surface area contributed by atoms with E-state index >= 15 is 0 Å². The first-order chi connectivity index (χ1) is 7.58. The van der Waals surface area contributed by atoms with E-state index in [1.54, 1.807) is 13.3 Å². The number of aryl methyl sites for hydroxylation is 1. The average molecular weight is 225 g/mol. The van der Waals surface area contributed by atoms with Crippen molar-refractivity contribution in [3.8, 4) is 5.75 Å². The third-order valence-corrected chi connectivity index (χ3v) is 2.22. The molecule has 0 saturated carbocycles. The highest BCUT2D eigenvalue weighted by molar-refractivity contribution is 5.62. The first-order valence-corrected chi connectivity index (χ1v) is 5.04.